The van der Waals surface area contributed by atoms with Crippen LogP contribution in [0.25, 0.3) is 0 Å². The van der Waals surface area contributed by atoms with Gasteiger partial charge in [0.25, 0.3) is 0 Å². The van der Waals surface area contributed by atoms with E-state index in [0.717, 1.165) is 19.3 Å². The SMILES string of the molecule is CCCCCCCCCCP(=O)(CCC(=O)O)CCC(=O)O. The fourth-order valence-corrected chi connectivity index (χ4v) is 5.14. The van der Waals surface area contributed by atoms with Gasteiger partial charge in [-0.05, 0) is 6.42 Å². The predicted octanol–water partition coefficient (Wildman–Crippen LogP) is 4.44. The number of carboxylic acids is 2. The average molecular weight is 334 g/mol. The highest BCUT2D eigenvalue weighted by molar-refractivity contribution is 7.63. The lowest BCUT2D eigenvalue weighted by molar-refractivity contribution is -0.137. The van der Waals surface area contributed by atoms with Gasteiger partial charge in [-0.15, -0.1) is 0 Å². The van der Waals surface area contributed by atoms with Gasteiger partial charge in [0.15, 0.2) is 0 Å². The molecule has 130 valence electrons. The van der Waals surface area contributed by atoms with Crippen molar-refractivity contribution in [3.63, 3.8) is 0 Å². The number of aliphatic carboxylic acids is 2. The van der Waals surface area contributed by atoms with Gasteiger partial charge in [-0.2, -0.15) is 0 Å². The number of carbonyl (C=O) groups is 2. The zero-order valence-corrected chi connectivity index (χ0v) is 14.7. The van der Waals surface area contributed by atoms with Crippen LogP contribution in [0.5, 0.6) is 0 Å². The second kappa shape index (κ2) is 12.7. The largest absolute Gasteiger partial charge is 0.481 e. The van der Waals surface area contributed by atoms with Gasteiger partial charge >= 0.3 is 11.9 Å². The van der Waals surface area contributed by atoms with Crippen molar-refractivity contribution >= 4 is 19.1 Å². The highest BCUT2D eigenvalue weighted by Crippen LogP contribution is 2.47. The van der Waals surface area contributed by atoms with Crippen LogP contribution in [0.4, 0.5) is 0 Å². The van der Waals surface area contributed by atoms with Crippen molar-refractivity contribution in [3.05, 3.63) is 0 Å². The molecular weight excluding hydrogens is 303 g/mol. The summed E-state index contributed by atoms with van der Waals surface area (Å²) < 4.78 is 12.7. The lowest BCUT2D eigenvalue weighted by Gasteiger charge is -2.16. The molecule has 0 aliphatic carbocycles. The van der Waals surface area contributed by atoms with Gasteiger partial charge in [-0.1, -0.05) is 51.9 Å². The van der Waals surface area contributed by atoms with Gasteiger partial charge in [0.1, 0.15) is 0 Å². The van der Waals surface area contributed by atoms with Gasteiger partial charge in [0, 0.05) is 18.5 Å². The van der Waals surface area contributed by atoms with E-state index in [2.05, 4.69) is 6.92 Å². The van der Waals surface area contributed by atoms with Crippen molar-refractivity contribution in [1.29, 1.82) is 0 Å². The monoisotopic (exact) mass is 334 g/mol. The molecule has 2 N–H and O–H groups in total. The van der Waals surface area contributed by atoms with E-state index in [4.69, 9.17) is 10.2 Å². The van der Waals surface area contributed by atoms with Crippen molar-refractivity contribution in [3.8, 4) is 0 Å². The lowest BCUT2D eigenvalue weighted by Crippen LogP contribution is -2.08. The van der Waals surface area contributed by atoms with Crippen LogP contribution in [0.1, 0.15) is 71.1 Å². The topological polar surface area (TPSA) is 91.7 Å². The summed E-state index contributed by atoms with van der Waals surface area (Å²) in [5.41, 5.74) is 0. The Labute approximate surface area is 133 Å². The molecule has 0 aliphatic rings. The first-order valence-corrected chi connectivity index (χ1v) is 10.7. The third-order valence-corrected chi connectivity index (χ3v) is 7.09. The summed E-state index contributed by atoms with van der Waals surface area (Å²) in [6.45, 7) is 2.19. The van der Waals surface area contributed by atoms with Gasteiger partial charge < -0.3 is 14.8 Å². The minimum absolute atomic E-state index is 0.131. The molecule has 0 saturated carbocycles. The highest BCUT2D eigenvalue weighted by Gasteiger charge is 2.23. The van der Waals surface area contributed by atoms with Crippen molar-refractivity contribution in [1.82, 2.24) is 0 Å². The Balaban J connectivity index is 3.99. The summed E-state index contributed by atoms with van der Waals surface area (Å²) in [6.07, 6.45) is 9.62. The van der Waals surface area contributed by atoms with Crippen LogP contribution in [-0.2, 0) is 14.2 Å². The molecule has 0 atom stereocenters. The van der Waals surface area contributed by atoms with Gasteiger partial charge in [0.05, 0.1) is 20.0 Å². The fourth-order valence-electron chi connectivity index (χ4n) is 2.47. The molecule has 0 aliphatic heterocycles. The highest BCUT2D eigenvalue weighted by atomic mass is 31.2. The number of hydrogen-bond donors (Lipinski definition) is 2. The maximum atomic E-state index is 12.7. The Bertz CT molecular complexity index is 346. The van der Waals surface area contributed by atoms with Gasteiger partial charge in [0.2, 0.25) is 0 Å². The summed E-state index contributed by atoms with van der Waals surface area (Å²) in [4.78, 5) is 21.3. The summed E-state index contributed by atoms with van der Waals surface area (Å²) in [5, 5.41) is 17.5. The molecule has 22 heavy (non-hydrogen) atoms. The van der Waals surface area contributed by atoms with Crippen LogP contribution in [0, 0.1) is 0 Å². The Morgan fingerprint density at radius 3 is 1.55 bits per heavy atom. The van der Waals surface area contributed by atoms with Gasteiger partial charge in [-0.3, -0.25) is 9.59 Å². The van der Waals surface area contributed by atoms with Crippen molar-refractivity contribution in [2.75, 3.05) is 18.5 Å². The lowest BCUT2D eigenvalue weighted by atomic mass is 10.1. The number of hydrogen-bond acceptors (Lipinski definition) is 3. The second-order valence-corrected chi connectivity index (χ2v) is 9.45. The molecule has 0 saturated heterocycles. The van der Waals surface area contributed by atoms with Crippen LogP contribution in [0.15, 0.2) is 0 Å². The summed E-state index contributed by atoms with van der Waals surface area (Å²) in [5.74, 6) is -1.93. The first-order valence-electron chi connectivity index (χ1n) is 8.40. The third-order valence-electron chi connectivity index (χ3n) is 3.89. The molecular formula is C16H31O5P. The molecule has 0 rings (SSSR count). The standard InChI is InChI=1S/C16H31O5P/c1-2-3-4-5-6-7-8-9-12-22(21,13-10-15(17)18)14-11-16(19)20/h2-14H2,1H3,(H,17,18)(H,19,20). The van der Waals surface area contributed by atoms with Gasteiger partial charge in [-0.25, -0.2) is 0 Å². The van der Waals surface area contributed by atoms with Crippen LogP contribution < -0.4 is 0 Å². The van der Waals surface area contributed by atoms with Crippen LogP contribution in [0.3, 0.4) is 0 Å². The van der Waals surface area contributed by atoms with E-state index in [1.54, 1.807) is 0 Å². The molecule has 0 amide bonds. The Kier molecular flexibility index (Phi) is 12.2. The molecule has 5 nitrogen and oxygen atoms in total. The van der Waals surface area contributed by atoms with Crippen molar-refractivity contribution in [2.24, 2.45) is 0 Å². The first kappa shape index (κ1) is 21.2. The van der Waals surface area contributed by atoms with Crippen molar-refractivity contribution in [2.45, 2.75) is 71.1 Å². The number of carboxylic acid groups (broad SMARTS) is 2. The summed E-state index contributed by atoms with van der Waals surface area (Å²) in [7, 11) is -2.66. The van der Waals surface area contributed by atoms with Crippen LogP contribution >= 0.6 is 7.14 Å². The molecule has 0 radical (unpaired) electrons. The quantitative estimate of drug-likeness (QED) is 0.341. The zero-order chi connectivity index (χ0) is 16.8. The molecule has 0 fully saturated rings. The first-order chi connectivity index (χ1) is 10.4. The van der Waals surface area contributed by atoms with Crippen molar-refractivity contribution < 1.29 is 24.4 Å². The average Bonchev–Trinajstić information content (AvgIpc) is 2.46. The molecule has 0 bridgehead atoms. The normalized spacial score (nSPS) is 11.5. The predicted molar refractivity (Wildman–Crippen MR) is 89.3 cm³/mol. The fraction of sp³-hybridized carbons (Fsp3) is 0.875. The Morgan fingerprint density at radius 1 is 0.727 bits per heavy atom. The molecule has 0 heterocycles. The molecule has 0 aromatic heterocycles. The van der Waals surface area contributed by atoms with E-state index in [9.17, 15) is 14.2 Å². The Morgan fingerprint density at radius 2 is 1.14 bits per heavy atom. The third kappa shape index (κ3) is 12.9. The Hall–Kier alpha value is -0.830. The van der Waals surface area contributed by atoms with E-state index in [0.29, 0.717) is 6.16 Å². The minimum atomic E-state index is -2.66. The van der Waals surface area contributed by atoms with E-state index in [1.165, 1.54) is 32.1 Å². The molecule has 0 aromatic rings. The van der Waals surface area contributed by atoms with E-state index in [-0.39, 0.29) is 25.2 Å². The summed E-state index contributed by atoms with van der Waals surface area (Å²) in [6, 6.07) is 0. The van der Waals surface area contributed by atoms with E-state index >= 15 is 0 Å². The van der Waals surface area contributed by atoms with E-state index in [1.807, 2.05) is 0 Å². The molecule has 0 unspecified atom stereocenters. The maximum Gasteiger partial charge on any atom is 0.303 e. The maximum absolute atomic E-state index is 12.7. The molecule has 0 spiro atoms. The number of rotatable bonds is 15. The smallest absolute Gasteiger partial charge is 0.303 e. The number of unbranched alkanes of at least 4 members (excludes halogenated alkanes) is 7. The molecule has 0 aromatic carbocycles. The second-order valence-electron chi connectivity index (χ2n) is 5.99. The van der Waals surface area contributed by atoms with Crippen LogP contribution in [-0.4, -0.2) is 40.6 Å². The van der Waals surface area contributed by atoms with E-state index < -0.39 is 19.1 Å². The molecule has 6 heteroatoms. The van der Waals surface area contributed by atoms with Crippen LogP contribution in [0.2, 0.25) is 0 Å². The summed E-state index contributed by atoms with van der Waals surface area (Å²) >= 11 is 0. The minimum Gasteiger partial charge on any atom is -0.481 e. The zero-order valence-electron chi connectivity index (χ0n) is 13.8.